The van der Waals surface area contributed by atoms with Crippen molar-refractivity contribution in [1.82, 2.24) is 29.9 Å². The number of hydrogen-bond acceptors (Lipinski definition) is 7. The lowest BCUT2D eigenvalue weighted by atomic mass is 9.31. The summed E-state index contributed by atoms with van der Waals surface area (Å²) in [6.45, 7) is 10.2. The van der Waals surface area contributed by atoms with E-state index in [0.717, 1.165) is 45.6 Å². The Kier molecular flexibility index (Phi) is 3.82. The molecule has 156 valence electrons. The maximum absolute atomic E-state index is 4.98. The van der Waals surface area contributed by atoms with Gasteiger partial charge in [0.25, 0.3) is 6.71 Å². The van der Waals surface area contributed by atoms with Gasteiger partial charge in [-0.05, 0) is 37.3 Å². The van der Waals surface area contributed by atoms with Crippen molar-refractivity contribution in [3.8, 4) is 0 Å². The number of fused-ring (bicyclic) bond motifs is 4. The Morgan fingerprint density at radius 2 is 1.44 bits per heavy atom. The maximum Gasteiger partial charge on any atom is 0.255 e. The van der Waals surface area contributed by atoms with Crippen LogP contribution < -0.4 is 21.3 Å². The molecule has 0 bridgehead atoms. The van der Waals surface area contributed by atoms with Crippen LogP contribution in [0.25, 0.3) is 0 Å². The van der Waals surface area contributed by atoms with Crippen LogP contribution >= 0.6 is 0 Å². The first kappa shape index (κ1) is 19.0. The molecule has 0 saturated carbocycles. The van der Waals surface area contributed by atoms with Crippen LogP contribution in [0.15, 0.2) is 42.9 Å². The van der Waals surface area contributed by atoms with Crippen molar-refractivity contribution in [3.05, 3.63) is 71.6 Å². The largest absolute Gasteiger partial charge is 0.276 e. The van der Waals surface area contributed by atoms with Gasteiger partial charge in [-0.15, -0.1) is 0 Å². The van der Waals surface area contributed by atoms with Crippen molar-refractivity contribution in [2.75, 3.05) is 4.90 Å². The Morgan fingerprint density at radius 3 is 2.22 bits per heavy atom. The van der Waals surface area contributed by atoms with Crippen molar-refractivity contribution in [2.45, 2.75) is 40.0 Å². The summed E-state index contributed by atoms with van der Waals surface area (Å²) in [5.74, 6) is 3.83. The highest BCUT2D eigenvalue weighted by molar-refractivity contribution is 6.98. The highest BCUT2D eigenvalue weighted by Crippen LogP contribution is 2.39. The molecule has 0 unspecified atom stereocenters. The van der Waals surface area contributed by atoms with Gasteiger partial charge in [-0.2, -0.15) is 0 Å². The van der Waals surface area contributed by atoms with Gasteiger partial charge in [-0.25, -0.2) is 29.9 Å². The molecule has 0 radical (unpaired) electrons. The first-order valence-electron chi connectivity index (χ1n) is 10.8. The summed E-state index contributed by atoms with van der Waals surface area (Å²) in [6, 6.07) is 8.63. The topological polar surface area (TPSA) is 80.6 Å². The van der Waals surface area contributed by atoms with E-state index in [1.165, 1.54) is 11.0 Å². The van der Waals surface area contributed by atoms with E-state index in [4.69, 9.17) is 15.0 Å². The molecule has 0 amide bonds. The minimum Gasteiger partial charge on any atom is -0.276 e. The Hall–Kier alpha value is -3.68. The molecule has 0 spiro atoms. The van der Waals surface area contributed by atoms with Gasteiger partial charge in [-0.1, -0.05) is 43.6 Å². The first-order valence-corrected chi connectivity index (χ1v) is 10.8. The number of nitrogens with zero attached hydrogens (tertiary/aromatic N) is 7. The second kappa shape index (κ2) is 6.42. The van der Waals surface area contributed by atoms with Crippen LogP contribution in [0.2, 0.25) is 0 Å². The van der Waals surface area contributed by atoms with Gasteiger partial charge in [0.15, 0.2) is 0 Å². The molecule has 1 aromatic carbocycles. The monoisotopic (exact) mass is 419 g/mol. The Balaban J connectivity index is 1.75. The molecule has 0 N–H and O–H groups in total. The van der Waals surface area contributed by atoms with E-state index in [1.807, 2.05) is 39.4 Å². The highest BCUT2D eigenvalue weighted by atomic mass is 15.3. The molecule has 32 heavy (non-hydrogen) atoms. The zero-order chi connectivity index (χ0) is 22.2. The molecule has 2 aliphatic rings. The second-order valence-electron chi connectivity index (χ2n) is 9.02. The van der Waals surface area contributed by atoms with Crippen LogP contribution in [0.5, 0.6) is 0 Å². The predicted octanol–water partition coefficient (Wildman–Crippen LogP) is 1.92. The van der Waals surface area contributed by atoms with E-state index < -0.39 is 0 Å². The van der Waals surface area contributed by atoms with E-state index in [9.17, 15) is 0 Å². The van der Waals surface area contributed by atoms with Crippen molar-refractivity contribution in [2.24, 2.45) is 0 Å². The third-order valence-electron chi connectivity index (χ3n) is 6.54. The molecule has 0 fully saturated rings. The normalized spacial score (nSPS) is 15.2. The van der Waals surface area contributed by atoms with Gasteiger partial charge in [-0.3, -0.25) is 4.90 Å². The fourth-order valence-electron chi connectivity index (χ4n) is 5.10. The maximum atomic E-state index is 4.98. The molecule has 5 heterocycles. The number of aryl methyl sites for hydroxylation is 3. The summed E-state index contributed by atoms with van der Waals surface area (Å²) < 4.78 is 0. The van der Waals surface area contributed by atoms with Crippen LogP contribution in [0.1, 0.15) is 42.6 Å². The van der Waals surface area contributed by atoms with Crippen LogP contribution in [-0.2, 0) is 5.41 Å². The number of anilines is 3. The van der Waals surface area contributed by atoms with Crippen LogP contribution in [0.4, 0.5) is 17.3 Å². The van der Waals surface area contributed by atoms with Gasteiger partial charge in [0.2, 0.25) is 0 Å². The zero-order valence-corrected chi connectivity index (χ0v) is 18.7. The number of aromatic nitrogens is 6. The zero-order valence-electron chi connectivity index (χ0n) is 18.7. The lowest BCUT2D eigenvalue weighted by molar-refractivity contribution is 0.616. The molecular formula is C24H22BN7. The molecule has 0 saturated heterocycles. The molecule has 2 aliphatic heterocycles. The summed E-state index contributed by atoms with van der Waals surface area (Å²) in [6.07, 6.45) is 5.61. The van der Waals surface area contributed by atoms with Crippen molar-refractivity contribution < 1.29 is 0 Å². The third-order valence-corrected chi connectivity index (χ3v) is 6.54. The van der Waals surface area contributed by atoms with Gasteiger partial charge >= 0.3 is 0 Å². The van der Waals surface area contributed by atoms with Gasteiger partial charge in [0.05, 0.1) is 23.8 Å². The minimum atomic E-state index is -0.261. The van der Waals surface area contributed by atoms with Crippen LogP contribution in [0, 0.1) is 20.8 Å². The quantitative estimate of drug-likeness (QED) is 0.384. The summed E-state index contributed by atoms with van der Waals surface area (Å²) in [7, 11) is 0. The average molecular weight is 419 g/mol. The smallest absolute Gasteiger partial charge is 0.255 e. The van der Waals surface area contributed by atoms with Gasteiger partial charge in [0.1, 0.15) is 29.1 Å². The van der Waals surface area contributed by atoms with E-state index in [-0.39, 0.29) is 12.1 Å². The van der Waals surface area contributed by atoms with Crippen molar-refractivity contribution >= 4 is 40.4 Å². The average Bonchev–Trinajstić information content (AvgIpc) is 2.77. The summed E-state index contributed by atoms with van der Waals surface area (Å²) >= 11 is 0. The number of benzene rings is 1. The molecule has 0 atom stereocenters. The molecule has 3 aromatic heterocycles. The lowest BCUT2D eigenvalue weighted by Crippen LogP contribution is -2.65. The fraction of sp³-hybridized carbons (Fsp3) is 0.250. The fourth-order valence-corrected chi connectivity index (χ4v) is 5.10. The Morgan fingerprint density at radius 1 is 0.750 bits per heavy atom. The number of hydrogen-bond donors (Lipinski definition) is 0. The molecule has 0 aliphatic carbocycles. The Bertz CT molecular complexity index is 1400. The first-order chi connectivity index (χ1) is 15.4. The van der Waals surface area contributed by atoms with Gasteiger partial charge < -0.3 is 0 Å². The molecule has 8 heteroatoms. The second-order valence-corrected chi connectivity index (χ2v) is 9.02. The summed E-state index contributed by atoms with van der Waals surface area (Å²) in [5.41, 5.74) is 6.30. The SMILES string of the molecule is Cc1ncc(N2c3nc(C)ncc3B3c4ccccc4C(C)(C)c4nc(C)nc2c43)cn1. The molecular weight excluding hydrogens is 397 g/mol. The molecule has 7 nitrogen and oxygen atoms in total. The Labute approximate surface area is 187 Å². The van der Waals surface area contributed by atoms with E-state index in [1.54, 1.807) is 0 Å². The minimum absolute atomic E-state index is 0.0250. The van der Waals surface area contributed by atoms with Crippen LogP contribution in [-0.4, -0.2) is 36.6 Å². The van der Waals surface area contributed by atoms with Crippen molar-refractivity contribution in [1.29, 1.82) is 0 Å². The van der Waals surface area contributed by atoms with E-state index >= 15 is 0 Å². The highest BCUT2D eigenvalue weighted by Gasteiger charge is 2.48. The predicted molar refractivity (Wildman–Crippen MR) is 125 cm³/mol. The van der Waals surface area contributed by atoms with Gasteiger partial charge in [0, 0.05) is 11.6 Å². The third kappa shape index (κ3) is 2.49. The van der Waals surface area contributed by atoms with E-state index in [0.29, 0.717) is 5.82 Å². The summed E-state index contributed by atoms with van der Waals surface area (Å²) in [4.78, 5) is 30.4. The standard InChI is InChI=1S/C24H22BN7/c1-13-26-10-16(11-27-13)32-22-19(12-28-14(2)30-22)25-18-9-7-6-8-17(18)24(4,5)21-20(25)23(32)31-15(3)29-21/h6-12H,1-5H3. The van der Waals surface area contributed by atoms with Crippen molar-refractivity contribution in [3.63, 3.8) is 0 Å². The molecule has 6 rings (SSSR count). The van der Waals surface area contributed by atoms with Crippen LogP contribution in [0.3, 0.4) is 0 Å². The van der Waals surface area contributed by atoms with E-state index in [2.05, 4.69) is 58.0 Å². The summed E-state index contributed by atoms with van der Waals surface area (Å²) in [5, 5.41) is 0. The molecule has 4 aromatic rings. The number of rotatable bonds is 1. The lowest BCUT2D eigenvalue weighted by Gasteiger charge is -2.43.